The van der Waals surface area contributed by atoms with Gasteiger partial charge in [-0.25, -0.2) is 0 Å². The maximum absolute atomic E-state index is 10.3. The van der Waals surface area contributed by atoms with E-state index in [1.165, 1.54) is 12.8 Å². The Morgan fingerprint density at radius 1 is 0.900 bits per heavy atom. The van der Waals surface area contributed by atoms with Crippen molar-refractivity contribution in [2.24, 2.45) is 0 Å². The van der Waals surface area contributed by atoms with Gasteiger partial charge in [0.05, 0.1) is 0 Å². The fourth-order valence-corrected chi connectivity index (χ4v) is 1.94. The molecule has 0 spiro atoms. The van der Waals surface area contributed by atoms with E-state index in [1.807, 2.05) is 12.2 Å². The van der Waals surface area contributed by atoms with Crippen LogP contribution in [0.5, 0.6) is 0 Å². The second-order valence-corrected chi connectivity index (χ2v) is 5.17. The molecule has 0 aromatic carbocycles. The van der Waals surface area contributed by atoms with Crippen LogP contribution in [-0.2, 0) is 4.79 Å². The summed E-state index contributed by atoms with van der Waals surface area (Å²) in [5.41, 5.74) is 0. The molecule has 0 saturated carbocycles. The molecule has 0 radical (unpaired) electrons. The summed E-state index contributed by atoms with van der Waals surface area (Å²) in [5.74, 6) is -0.715. The average molecular weight is 282 g/mol. The molecule has 2 heteroatoms. The Morgan fingerprint density at radius 3 is 2.05 bits per heavy atom. The Balaban J connectivity index is 3.62. The van der Waals surface area contributed by atoms with Gasteiger partial charge in [-0.2, -0.15) is 0 Å². The number of carboxylic acids is 1. The van der Waals surface area contributed by atoms with Gasteiger partial charge in [-0.1, -0.05) is 63.3 Å². The molecule has 2 nitrogen and oxygen atoms in total. The van der Waals surface area contributed by atoms with Crippen LogP contribution in [0.1, 0.15) is 86.7 Å². The van der Waals surface area contributed by atoms with E-state index in [0.29, 0.717) is 0 Å². The minimum atomic E-state index is -1.34. The van der Waals surface area contributed by atoms with Crippen LogP contribution >= 0.6 is 0 Å². The van der Waals surface area contributed by atoms with Crippen LogP contribution in [0.4, 0.5) is 0 Å². The number of unbranched alkanes of at least 4 members (excludes halogenated alkanes) is 8. The lowest BCUT2D eigenvalue weighted by Crippen LogP contribution is -1.93. The predicted molar refractivity (Wildman–Crippen MR) is 87.0 cm³/mol. The summed E-state index contributed by atoms with van der Waals surface area (Å²) < 4.78 is 15.7. The van der Waals surface area contributed by atoms with E-state index >= 15 is 0 Å². The van der Waals surface area contributed by atoms with Crippen LogP contribution in [-0.4, -0.2) is 11.1 Å². The first-order valence-corrected chi connectivity index (χ1v) is 8.05. The summed E-state index contributed by atoms with van der Waals surface area (Å²) in [6.45, 7) is 2.16. The van der Waals surface area contributed by atoms with Gasteiger partial charge < -0.3 is 5.11 Å². The van der Waals surface area contributed by atoms with Crippen LogP contribution < -0.4 is 0 Å². The van der Waals surface area contributed by atoms with Gasteiger partial charge in [-0.15, -0.1) is 0 Å². The van der Waals surface area contributed by atoms with Gasteiger partial charge in [0.2, 0.25) is 0 Å². The summed E-state index contributed by atoms with van der Waals surface area (Å²) in [6, 6.07) is 0. The number of rotatable bonds is 14. The molecule has 0 aliphatic heterocycles. The van der Waals surface area contributed by atoms with Gasteiger partial charge in [0.25, 0.3) is 0 Å². The number of carboxylic acid groups (broad SMARTS) is 1. The van der Waals surface area contributed by atoms with Gasteiger partial charge in [-0.05, 0) is 38.5 Å². The van der Waals surface area contributed by atoms with Crippen molar-refractivity contribution in [1.82, 2.24) is 0 Å². The lowest BCUT2D eigenvalue weighted by atomic mass is 10.1. The Bertz CT molecular complexity index is 336. The molecule has 0 aromatic rings. The maximum Gasteiger partial charge on any atom is 0.303 e. The monoisotopic (exact) mass is 282 g/mol. The summed E-state index contributed by atoms with van der Waals surface area (Å²) in [5, 5.41) is 8.52. The molecule has 0 atom stereocenters. The fraction of sp³-hybridized carbons (Fsp3) is 0.722. The van der Waals surface area contributed by atoms with Crippen LogP contribution in [0.25, 0.3) is 0 Å². The second kappa shape index (κ2) is 16.0. The van der Waals surface area contributed by atoms with Gasteiger partial charge >= 0.3 is 5.97 Å². The first-order chi connectivity index (χ1) is 10.5. The zero-order valence-corrected chi connectivity index (χ0v) is 12.9. The van der Waals surface area contributed by atoms with Crippen molar-refractivity contribution in [2.45, 2.75) is 83.9 Å². The molecule has 20 heavy (non-hydrogen) atoms. The summed E-state index contributed by atoms with van der Waals surface area (Å²) in [7, 11) is 0. The molecule has 0 fully saturated rings. The fourth-order valence-electron chi connectivity index (χ4n) is 1.94. The van der Waals surface area contributed by atoms with E-state index in [-0.39, 0.29) is 6.42 Å². The number of hydrogen-bond donors (Lipinski definition) is 1. The molecular formula is C18H32O2. The normalized spacial score (nSPS) is 13.8. The molecular weight excluding hydrogens is 248 g/mol. The lowest BCUT2D eigenvalue weighted by Gasteiger charge is -1.98. The minimum absolute atomic E-state index is 0.269. The van der Waals surface area contributed by atoms with Crippen molar-refractivity contribution in [1.29, 1.82) is 0 Å². The Kier molecular flexibility index (Phi) is 12.3. The zero-order valence-electron chi connectivity index (χ0n) is 14.9. The largest absolute Gasteiger partial charge is 0.481 e. The van der Waals surface area contributed by atoms with Crippen LogP contribution in [0.2, 0.25) is 0 Å². The van der Waals surface area contributed by atoms with Gasteiger partial charge in [-0.3, -0.25) is 4.79 Å². The van der Waals surface area contributed by atoms with E-state index in [1.54, 1.807) is 12.2 Å². The molecule has 0 aliphatic carbocycles. The molecule has 0 aromatic heterocycles. The number of carbonyl (C=O) groups is 1. The SMILES string of the molecule is [2H]C([2H])(/C=C\CCCCC)/C=C\CCCCCCCC(=O)O. The lowest BCUT2D eigenvalue weighted by molar-refractivity contribution is -0.137. The van der Waals surface area contributed by atoms with E-state index in [2.05, 4.69) is 6.92 Å². The van der Waals surface area contributed by atoms with Crippen LogP contribution in [0.3, 0.4) is 0 Å². The molecule has 116 valence electrons. The molecule has 0 rings (SSSR count). The third kappa shape index (κ3) is 16.9. The van der Waals surface area contributed by atoms with Gasteiger partial charge in [0, 0.05) is 9.16 Å². The average Bonchev–Trinajstić information content (AvgIpc) is 2.45. The first-order valence-electron chi connectivity index (χ1n) is 9.05. The van der Waals surface area contributed by atoms with Crippen molar-refractivity contribution in [2.75, 3.05) is 0 Å². The maximum atomic E-state index is 10.3. The Morgan fingerprint density at radius 2 is 1.45 bits per heavy atom. The molecule has 0 aliphatic rings. The van der Waals surface area contributed by atoms with Crippen molar-refractivity contribution >= 4 is 5.97 Å². The molecule has 1 N–H and O–H groups in total. The molecule has 0 unspecified atom stereocenters. The van der Waals surface area contributed by atoms with Crippen molar-refractivity contribution in [3.63, 3.8) is 0 Å². The highest BCUT2D eigenvalue weighted by molar-refractivity contribution is 5.66. The number of hydrogen-bond acceptors (Lipinski definition) is 1. The first kappa shape index (κ1) is 15.3. The van der Waals surface area contributed by atoms with Crippen molar-refractivity contribution in [3.8, 4) is 0 Å². The van der Waals surface area contributed by atoms with Crippen molar-refractivity contribution < 1.29 is 12.6 Å². The Labute approximate surface area is 127 Å². The second-order valence-electron chi connectivity index (χ2n) is 5.17. The van der Waals surface area contributed by atoms with Gasteiger partial charge in [0.1, 0.15) is 0 Å². The van der Waals surface area contributed by atoms with E-state index in [0.717, 1.165) is 51.4 Å². The molecule has 0 amide bonds. The quantitative estimate of drug-likeness (QED) is 0.319. The van der Waals surface area contributed by atoms with Crippen molar-refractivity contribution in [3.05, 3.63) is 24.3 Å². The van der Waals surface area contributed by atoms with E-state index in [9.17, 15) is 4.79 Å². The molecule has 0 bridgehead atoms. The highest BCUT2D eigenvalue weighted by Gasteiger charge is 1.95. The van der Waals surface area contributed by atoms with Gasteiger partial charge in [0.15, 0.2) is 0 Å². The summed E-state index contributed by atoms with van der Waals surface area (Å²) >= 11 is 0. The Hall–Kier alpha value is -1.05. The number of aliphatic carboxylic acids is 1. The van der Waals surface area contributed by atoms with Crippen LogP contribution in [0.15, 0.2) is 24.3 Å². The molecule has 0 saturated heterocycles. The highest BCUT2D eigenvalue weighted by Crippen LogP contribution is 2.08. The third-order valence-corrected chi connectivity index (χ3v) is 3.16. The third-order valence-electron chi connectivity index (χ3n) is 3.16. The topological polar surface area (TPSA) is 37.3 Å². The minimum Gasteiger partial charge on any atom is -0.481 e. The standard InChI is InChI=1S/C18H32O2/c1-2-3-4-5-6-7-8-9-10-11-12-13-14-15-16-17-18(19)20/h6-7,9-10H,2-5,8,11-17H2,1H3,(H,19,20)/b7-6-,10-9-/i8D2. The highest BCUT2D eigenvalue weighted by atomic mass is 16.4. The number of allylic oxidation sites excluding steroid dienone is 4. The summed E-state index contributed by atoms with van der Waals surface area (Å²) in [4.78, 5) is 10.3. The van der Waals surface area contributed by atoms with Crippen LogP contribution in [0, 0.1) is 0 Å². The molecule has 0 heterocycles. The predicted octanol–water partition coefficient (Wildman–Crippen LogP) is 5.88. The smallest absolute Gasteiger partial charge is 0.303 e. The van der Waals surface area contributed by atoms with E-state index < -0.39 is 12.3 Å². The zero-order chi connectivity index (χ0) is 16.7. The van der Waals surface area contributed by atoms with E-state index in [4.69, 9.17) is 7.85 Å². The summed E-state index contributed by atoms with van der Waals surface area (Å²) in [6.07, 6.45) is 16.4.